The summed E-state index contributed by atoms with van der Waals surface area (Å²) in [5, 5.41) is -0.623. The second-order valence-corrected chi connectivity index (χ2v) is 11.2. The van der Waals surface area contributed by atoms with Crippen molar-refractivity contribution < 1.29 is 76.0 Å². The number of ether oxygens (including phenoxy) is 4. The molecule has 0 aliphatic carbocycles. The molecule has 266 valence electrons. The van der Waals surface area contributed by atoms with E-state index in [9.17, 15) is 30.7 Å². The smallest absolute Gasteiger partial charge is 0.432 e. The van der Waals surface area contributed by atoms with Gasteiger partial charge in [0.1, 0.15) is 57.5 Å². The molecule has 0 fully saturated rings. The van der Waals surface area contributed by atoms with Gasteiger partial charge in [0.15, 0.2) is 29.0 Å². The van der Waals surface area contributed by atoms with Crippen molar-refractivity contribution in [3.63, 3.8) is 0 Å². The molecule has 1 aliphatic heterocycles. The molecule has 5 aromatic rings. The zero-order valence-corrected chi connectivity index (χ0v) is 25.8. The fraction of sp³-hybridized carbons (Fsp3) is 0.0909. The minimum atomic E-state index is -4.95. The Morgan fingerprint density at radius 3 is 1.16 bits per heavy atom. The number of hydrogen-bond donors (Lipinski definition) is 0. The molecule has 18 heteroatoms. The van der Waals surface area contributed by atoms with Gasteiger partial charge in [-0.1, -0.05) is 9.24 Å². The summed E-state index contributed by atoms with van der Waals surface area (Å²) in [7, 11) is 1.68. The Bertz CT molecular complexity index is 1980. The molecule has 1 unspecified atom stereocenters. The van der Waals surface area contributed by atoms with Gasteiger partial charge in [0.05, 0.1) is 0 Å². The molecule has 4 nitrogen and oxygen atoms in total. The molecule has 0 aromatic heterocycles. The fourth-order valence-electron chi connectivity index (χ4n) is 5.04. The third-order valence-corrected chi connectivity index (χ3v) is 7.85. The summed E-state index contributed by atoms with van der Waals surface area (Å²) >= 11 is 0. The van der Waals surface area contributed by atoms with E-state index in [2.05, 4.69) is 9.47 Å². The van der Waals surface area contributed by atoms with Gasteiger partial charge >= 0.3 is 12.2 Å². The van der Waals surface area contributed by atoms with Gasteiger partial charge in [-0.2, -0.15) is 17.6 Å². The topological polar surface area (TPSA) is 36.9 Å². The molecule has 51 heavy (non-hydrogen) atoms. The first-order valence-corrected chi connectivity index (χ1v) is 14.4. The fourth-order valence-corrected chi connectivity index (χ4v) is 5.21. The Morgan fingerprint density at radius 2 is 0.804 bits per heavy atom. The molecule has 1 aliphatic rings. The van der Waals surface area contributed by atoms with Crippen LogP contribution in [0.4, 0.5) is 57.1 Å². The van der Waals surface area contributed by atoms with E-state index in [-0.39, 0.29) is 34.8 Å². The van der Waals surface area contributed by atoms with Crippen molar-refractivity contribution in [1.82, 2.24) is 0 Å². The van der Waals surface area contributed by atoms with Crippen LogP contribution in [0.25, 0.3) is 22.3 Å². The van der Waals surface area contributed by atoms with Crippen molar-refractivity contribution >= 4 is 14.5 Å². The predicted molar refractivity (Wildman–Crippen MR) is 154 cm³/mol. The highest BCUT2D eigenvalue weighted by atomic mass is 31.0. The lowest BCUT2D eigenvalue weighted by Crippen LogP contribution is -2.26. The SMILES string of the molecule is Fc1cc(OC(F)(F)c2c(F)cc(-c3cc4c(cc3-c3cc(F)c(C(F)(F)Oc5cc(F)c(P)c(F)c5)c(F)c3)OCO4)cc2F)cc(F)c1F. The predicted octanol–water partition coefficient (Wildman–Crippen LogP) is 9.76. The summed E-state index contributed by atoms with van der Waals surface area (Å²) in [6.07, 6.45) is -9.81. The van der Waals surface area contributed by atoms with Crippen LogP contribution in [0.2, 0.25) is 0 Å². The summed E-state index contributed by atoms with van der Waals surface area (Å²) in [6, 6.07) is 4.12. The van der Waals surface area contributed by atoms with Crippen LogP contribution in [0.1, 0.15) is 11.1 Å². The lowest BCUT2D eigenvalue weighted by Gasteiger charge is -2.21. The van der Waals surface area contributed by atoms with Gasteiger partial charge in [-0.15, -0.1) is 0 Å². The maximum Gasteiger partial charge on any atom is 0.432 e. The molecule has 0 amide bonds. The van der Waals surface area contributed by atoms with E-state index in [1.165, 1.54) is 0 Å². The number of fused-ring (bicyclic) bond motifs is 1. The Balaban J connectivity index is 1.40. The summed E-state index contributed by atoms with van der Waals surface area (Å²) < 4.78 is 208. The van der Waals surface area contributed by atoms with Gasteiger partial charge in [0.25, 0.3) is 0 Å². The molecule has 1 atom stereocenters. The number of halogens is 13. The van der Waals surface area contributed by atoms with Crippen LogP contribution in [-0.4, -0.2) is 6.79 Å². The van der Waals surface area contributed by atoms with Crippen LogP contribution >= 0.6 is 9.24 Å². The Kier molecular flexibility index (Phi) is 8.98. The number of hydrogen-bond acceptors (Lipinski definition) is 4. The number of benzene rings is 5. The third-order valence-electron chi connectivity index (χ3n) is 7.30. The van der Waals surface area contributed by atoms with Crippen LogP contribution in [-0.2, 0) is 12.2 Å². The van der Waals surface area contributed by atoms with Crippen molar-refractivity contribution in [3.8, 4) is 45.3 Å². The van der Waals surface area contributed by atoms with Gasteiger partial charge in [0, 0.05) is 29.6 Å². The first kappa shape index (κ1) is 35.6. The minimum Gasteiger partial charge on any atom is -0.454 e. The highest BCUT2D eigenvalue weighted by Crippen LogP contribution is 2.46. The summed E-state index contributed by atoms with van der Waals surface area (Å²) in [4.78, 5) is 0. The highest BCUT2D eigenvalue weighted by Gasteiger charge is 2.43. The van der Waals surface area contributed by atoms with Crippen LogP contribution in [0.15, 0.2) is 60.7 Å². The van der Waals surface area contributed by atoms with E-state index in [1.807, 2.05) is 0 Å². The maximum absolute atomic E-state index is 15.3. The van der Waals surface area contributed by atoms with E-state index >= 15 is 26.3 Å². The first-order chi connectivity index (χ1) is 23.9. The molecule has 5 aromatic carbocycles. The highest BCUT2D eigenvalue weighted by molar-refractivity contribution is 7.27. The third kappa shape index (κ3) is 6.69. The van der Waals surface area contributed by atoms with E-state index in [4.69, 9.17) is 9.47 Å². The molecular weight excluding hydrogens is 738 g/mol. The van der Waals surface area contributed by atoms with Crippen molar-refractivity contribution in [3.05, 3.63) is 124 Å². The Morgan fingerprint density at radius 1 is 0.471 bits per heavy atom. The van der Waals surface area contributed by atoms with Crippen molar-refractivity contribution in [1.29, 1.82) is 0 Å². The summed E-state index contributed by atoms with van der Waals surface area (Å²) in [6.45, 7) is -0.405. The molecule has 0 radical (unpaired) electrons. The molecule has 0 N–H and O–H groups in total. The normalized spacial score (nSPS) is 12.7. The van der Waals surface area contributed by atoms with Crippen molar-refractivity contribution in [2.75, 3.05) is 6.79 Å². The van der Waals surface area contributed by atoms with E-state index < -0.39 is 110 Å². The molecule has 6 rings (SSSR count). The van der Waals surface area contributed by atoms with Crippen molar-refractivity contribution in [2.24, 2.45) is 0 Å². The largest absolute Gasteiger partial charge is 0.454 e. The summed E-state index contributed by atoms with van der Waals surface area (Å²) in [5.74, 6) is -19.1. The molecule has 0 saturated heterocycles. The van der Waals surface area contributed by atoms with Crippen molar-refractivity contribution in [2.45, 2.75) is 12.2 Å². The first-order valence-electron chi connectivity index (χ1n) is 13.8. The summed E-state index contributed by atoms with van der Waals surface area (Å²) in [5.41, 5.74) is -5.94. The molecule has 0 bridgehead atoms. The standard InChI is InChI=1S/C33H14F13O4P/c34-18-1-12(2-19(35)28(18)32(43,44)49-14-5-22(38)30(42)23(39)6-14)16-9-26-27(48-11-47-26)10-17(16)13-3-20(36)29(21(37)4-13)33(45,46)50-15-7-24(40)31(51)25(41)8-15/h1-10H,11,51H2. The maximum atomic E-state index is 15.3. The average Bonchev–Trinajstić information content (AvgIpc) is 3.48. The monoisotopic (exact) mass is 752 g/mol. The number of alkyl halides is 4. The van der Waals surface area contributed by atoms with Gasteiger partial charge in [-0.05, 0) is 58.7 Å². The van der Waals surface area contributed by atoms with Gasteiger partial charge in [0.2, 0.25) is 6.79 Å². The van der Waals surface area contributed by atoms with Crippen LogP contribution in [0, 0.1) is 52.4 Å². The molecule has 0 saturated carbocycles. The van der Waals surface area contributed by atoms with Crippen LogP contribution in [0.5, 0.6) is 23.0 Å². The molecule has 0 spiro atoms. The van der Waals surface area contributed by atoms with Gasteiger partial charge < -0.3 is 18.9 Å². The van der Waals surface area contributed by atoms with Crippen LogP contribution < -0.4 is 24.3 Å². The molecular formula is C33H14F13O4P. The Hall–Kier alpha value is -5.18. The lowest BCUT2D eigenvalue weighted by molar-refractivity contribution is -0.190. The zero-order valence-electron chi connectivity index (χ0n) is 24.6. The minimum absolute atomic E-state index is 0.00228. The average molecular weight is 752 g/mol. The van der Waals surface area contributed by atoms with Gasteiger partial charge in [-0.25, -0.2) is 39.5 Å². The number of rotatable bonds is 8. The molecule has 1 heterocycles. The van der Waals surface area contributed by atoms with E-state index in [1.54, 1.807) is 9.24 Å². The van der Waals surface area contributed by atoms with E-state index in [0.717, 1.165) is 12.1 Å². The van der Waals surface area contributed by atoms with Crippen LogP contribution in [0.3, 0.4) is 0 Å². The quantitative estimate of drug-likeness (QED) is 0.0899. The Labute approximate surface area is 279 Å². The van der Waals surface area contributed by atoms with Gasteiger partial charge in [-0.3, -0.25) is 0 Å². The zero-order chi connectivity index (χ0) is 37.2. The second kappa shape index (κ2) is 12.9. The lowest BCUT2D eigenvalue weighted by atomic mass is 9.92. The van der Waals surface area contributed by atoms with E-state index in [0.29, 0.717) is 36.4 Å². The second-order valence-electron chi connectivity index (χ2n) is 10.6.